The number of rotatable bonds is 4. The van der Waals surface area contributed by atoms with Crippen LogP contribution in [0.4, 0.5) is 5.00 Å². The second-order valence-corrected chi connectivity index (χ2v) is 5.23. The van der Waals surface area contributed by atoms with Crippen molar-refractivity contribution in [3.05, 3.63) is 64.1 Å². The molecule has 0 unspecified atom stereocenters. The van der Waals surface area contributed by atoms with Crippen LogP contribution in [0.15, 0.2) is 53.7 Å². The average molecular weight is 277 g/mol. The molecule has 1 heterocycles. The molecule has 0 aliphatic heterocycles. The fourth-order valence-electron chi connectivity index (χ4n) is 1.53. The van der Waals surface area contributed by atoms with Crippen LogP contribution in [0.25, 0.3) is 0 Å². The quantitative estimate of drug-likeness (QED) is 0.837. The molecule has 2 nitrogen and oxygen atoms in total. The molecule has 0 saturated heterocycles. The van der Waals surface area contributed by atoms with Gasteiger partial charge in [-0.1, -0.05) is 29.8 Å². The second-order valence-electron chi connectivity index (χ2n) is 3.67. The molecule has 0 amide bonds. The molecule has 92 valence electrons. The van der Waals surface area contributed by atoms with Gasteiger partial charge in [0.2, 0.25) is 0 Å². The molecule has 0 spiro atoms. The molecule has 0 fully saturated rings. The predicted octanol–water partition coefficient (Wildman–Crippen LogP) is 4.17. The van der Waals surface area contributed by atoms with Crippen LogP contribution in [-0.4, -0.2) is 6.21 Å². The first-order valence-corrected chi connectivity index (χ1v) is 6.72. The summed E-state index contributed by atoms with van der Waals surface area (Å²) in [6.45, 7) is 0. The van der Waals surface area contributed by atoms with Crippen LogP contribution >= 0.6 is 22.9 Å². The summed E-state index contributed by atoms with van der Waals surface area (Å²) in [4.78, 5) is 5.52. The van der Waals surface area contributed by atoms with Gasteiger partial charge in [-0.3, -0.25) is 0 Å². The van der Waals surface area contributed by atoms with E-state index in [0.29, 0.717) is 0 Å². The molecular formula is C14H13ClN2S. The van der Waals surface area contributed by atoms with Crippen molar-refractivity contribution in [2.75, 3.05) is 0 Å². The van der Waals surface area contributed by atoms with Gasteiger partial charge in [-0.05, 0) is 36.0 Å². The smallest absolute Gasteiger partial charge is 0.116 e. The number of halogens is 1. The van der Waals surface area contributed by atoms with E-state index in [2.05, 4.69) is 11.1 Å². The fourth-order valence-corrected chi connectivity index (χ4v) is 2.61. The van der Waals surface area contributed by atoms with Crippen molar-refractivity contribution in [2.24, 2.45) is 10.7 Å². The lowest BCUT2D eigenvalue weighted by atomic mass is 10.1. The molecule has 0 saturated carbocycles. The van der Waals surface area contributed by atoms with E-state index < -0.39 is 0 Å². The minimum atomic E-state index is 0.807. The highest BCUT2D eigenvalue weighted by molar-refractivity contribution is 7.15. The summed E-state index contributed by atoms with van der Waals surface area (Å²) in [5.41, 5.74) is 6.37. The van der Waals surface area contributed by atoms with E-state index in [-0.39, 0.29) is 0 Å². The number of hydrogen-bond acceptors (Lipinski definition) is 3. The molecule has 0 aliphatic rings. The average Bonchev–Trinajstić information content (AvgIpc) is 2.80. The van der Waals surface area contributed by atoms with Crippen molar-refractivity contribution in [2.45, 2.75) is 6.42 Å². The maximum absolute atomic E-state index is 6.14. The Morgan fingerprint density at radius 2 is 2.06 bits per heavy atom. The number of aliphatic imine (C=N–C) groups is 1. The van der Waals surface area contributed by atoms with Gasteiger partial charge in [-0.25, -0.2) is 4.99 Å². The van der Waals surface area contributed by atoms with E-state index >= 15 is 0 Å². The van der Waals surface area contributed by atoms with Crippen molar-refractivity contribution < 1.29 is 0 Å². The van der Waals surface area contributed by atoms with E-state index in [1.807, 2.05) is 30.3 Å². The summed E-state index contributed by atoms with van der Waals surface area (Å²) in [5, 5.41) is 1.78. The molecule has 2 aromatic rings. The molecule has 0 radical (unpaired) electrons. The molecule has 2 rings (SSSR count). The van der Waals surface area contributed by atoms with Crippen molar-refractivity contribution in [1.82, 2.24) is 0 Å². The molecule has 4 heteroatoms. The van der Waals surface area contributed by atoms with E-state index in [1.165, 1.54) is 11.1 Å². The predicted molar refractivity (Wildman–Crippen MR) is 80.1 cm³/mol. The minimum Gasteiger partial charge on any atom is -0.405 e. The molecular weight excluding hydrogens is 264 g/mol. The highest BCUT2D eigenvalue weighted by atomic mass is 35.5. The Hall–Kier alpha value is -1.58. The Bertz CT molecular complexity index is 573. The Balaban J connectivity index is 2.09. The molecule has 0 atom stereocenters. The summed E-state index contributed by atoms with van der Waals surface area (Å²) < 4.78 is 0. The Labute approximate surface area is 115 Å². The van der Waals surface area contributed by atoms with Crippen LogP contribution in [0, 0.1) is 0 Å². The van der Waals surface area contributed by atoms with Crippen LogP contribution < -0.4 is 5.73 Å². The van der Waals surface area contributed by atoms with Crippen molar-refractivity contribution in [3.63, 3.8) is 0 Å². The topological polar surface area (TPSA) is 38.4 Å². The van der Waals surface area contributed by atoms with Gasteiger partial charge in [0, 0.05) is 22.5 Å². The second kappa shape index (κ2) is 6.38. The van der Waals surface area contributed by atoms with Crippen molar-refractivity contribution in [1.29, 1.82) is 0 Å². The van der Waals surface area contributed by atoms with Gasteiger partial charge in [0.1, 0.15) is 5.00 Å². The molecule has 2 N–H and O–H groups in total. The van der Waals surface area contributed by atoms with Crippen LogP contribution in [0.2, 0.25) is 5.02 Å². The van der Waals surface area contributed by atoms with Gasteiger partial charge >= 0.3 is 0 Å². The van der Waals surface area contributed by atoms with Crippen molar-refractivity contribution >= 4 is 34.2 Å². The van der Waals surface area contributed by atoms with E-state index in [0.717, 1.165) is 22.0 Å². The SMILES string of the molecule is NC=CC=Nc1ccc(Cc2ccccc2Cl)s1. The van der Waals surface area contributed by atoms with Gasteiger partial charge < -0.3 is 5.73 Å². The third kappa shape index (κ3) is 3.45. The lowest BCUT2D eigenvalue weighted by molar-refractivity contribution is 1.24. The zero-order valence-electron chi connectivity index (χ0n) is 9.71. The number of thiophene rings is 1. The normalized spacial score (nSPS) is 11.6. The van der Waals surface area contributed by atoms with E-state index in [4.69, 9.17) is 17.3 Å². The third-order valence-electron chi connectivity index (χ3n) is 2.37. The van der Waals surface area contributed by atoms with Gasteiger partial charge in [0.15, 0.2) is 0 Å². The molecule has 0 aliphatic carbocycles. The Morgan fingerprint density at radius 1 is 1.22 bits per heavy atom. The number of nitrogens with zero attached hydrogens (tertiary/aromatic N) is 1. The van der Waals surface area contributed by atoms with Crippen LogP contribution in [0.1, 0.15) is 10.4 Å². The number of nitrogens with two attached hydrogens (primary N) is 1. The summed E-state index contributed by atoms with van der Waals surface area (Å²) in [6.07, 6.45) is 5.69. The zero-order valence-corrected chi connectivity index (χ0v) is 11.3. The summed E-state index contributed by atoms with van der Waals surface area (Å²) >= 11 is 7.79. The molecule has 1 aromatic heterocycles. The van der Waals surface area contributed by atoms with E-state index in [1.54, 1.807) is 23.6 Å². The van der Waals surface area contributed by atoms with E-state index in [9.17, 15) is 0 Å². The number of hydrogen-bond donors (Lipinski definition) is 1. The van der Waals surface area contributed by atoms with Gasteiger partial charge in [-0.15, -0.1) is 11.3 Å². The van der Waals surface area contributed by atoms with Gasteiger partial charge in [-0.2, -0.15) is 0 Å². The van der Waals surface area contributed by atoms with Crippen LogP contribution in [0.3, 0.4) is 0 Å². The Morgan fingerprint density at radius 3 is 2.83 bits per heavy atom. The van der Waals surface area contributed by atoms with Gasteiger partial charge in [0.25, 0.3) is 0 Å². The minimum absolute atomic E-state index is 0.807. The summed E-state index contributed by atoms with van der Waals surface area (Å²) in [7, 11) is 0. The Kier molecular flexibility index (Phi) is 4.56. The zero-order chi connectivity index (χ0) is 12.8. The van der Waals surface area contributed by atoms with Gasteiger partial charge in [0.05, 0.1) is 0 Å². The molecule has 18 heavy (non-hydrogen) atoms. The molecule has 0 bridgehead atoms. The lowest BCUT2D eigenvalue weighted by Gasteiger charge is -2.00. The monoisotopic (exact) mass is 276 g/mol. The highest BCUT2D eigenvalue weighted by Crippen LogP contribution is 2.28. The maximum Gasteiger partial charge on any atom is 0.116 e. The molecule has 1 aromatic carbocycles. The fraction of sp³-hybridized carbons (Fsp3) is 0.0714. The number of allylic oxidation sites excluding steroid dienone is 1. The van der Waals surface area contributed by atoms with Crippen LogP contribution in [0.5, 0.6) is 0 Å². The largest absolute Gasteiger partial charge is 0.405 e. The van der Waals surface area contributed by atoms with Crippen molar-refractivity contribution in [3.8, 4) is 0 Å². The highest BCUT2D eigenvalue weighted by Gasteiger charge is 2.03. The third-order valence-corrected chi connectivity index (χ3v) is 3.73. The van der Waals surface area contributed by atoms with Crippen LogP contribution in [-0.2, 0) is 6.42 Å². The first-order chi connectivity index (χ1) is 8.79. The maximum atomic E-state index is 6.14. The first-order valence-electron chi connectivity index (χ1n) is 5.52. The summed E-state index contributed by atoms with van der Waals surface area (Å²) in [6, 6.07) is 12.0. The first kappa shape index (κ1) is 12.9. The lowest BCUT2D eigenvalue weighted by Crippen LogP contribution is -1.84. The standard InChI is InChI=1S/C14H13ClN2S/c15-13-5-2-1-4-11(13)10-12-6-7-14(18-12)17-9-3-8-16/h1-9H,10,16H2. The number of benzene rings is 1. The summed E-state index contributed by atoms with van der Waals surface area (Å²) in [5.74, 6) is 0.